The number of para-hydroxylation sites is 1. The van der Waals surface area contributed by atoms with E-state index in [1.165, 1.54) is 4.88 Å². The van der Waals surface area contributed by atoms with Gasteiger partial charge in [-0.2, -0.15) is 0 Å². The highest BCUT2D eigenvalue weighted by molar-refractivity contribution is 7.19. The third kappa shape index (κ3) is 2.21. The van der Waals surface area contributed by atoms with Gasteiger partial charge in [0.2, 0.25) is 0 Å². The third-order valence-corrected chi connectivity index (χ3v) is 4.52. The number of amides is 1. The van der Waals surface area contributed by atoms with Gasteiger partial charge >= 0.3 is 0 Å². The van der Waals surface area contributed by atoms with Gasteiger partial charge in [-0.15, -0.1) is 11.3 Å². The van der Waals surface area contributed by atoms with Gasteiger partial charge in [0.05, 0.1) is 20.9 Å². The molecule has 0 radical (unpaired) electrons. The van der Waals surface area contributed by atoms with Gasteiger partial charge in [0, 0.05) is 11.9 Å². The number of hydrogen-bond acceptors (Lipinski definition) is 2. The van der Waals surface area contributed by atoms with E-state index in [0.717, 1.165) is 10.2 Å². The van der Waals surface area contributed by atoms with Crippen molar-refractivity contribution < 1.29 is 4.79 Å². The molecule has 0 saturated carbocycles. The monoisotopic (exact) mass is 304 g/mol. The van der Waals surface area contributed by atoms with Crippen LogP contribution in [-0.4, -0.2) is 10.5 Å². The zero-order valence-electron chi connectivity index (χ0n) is 11.1. The lowest BCUT2D eigenvalue weighted by Gasteiger charge is -2.07. The lowest BCUT2D eigenvalue weighted by atomic mass is 10.3. The summed E-state index contributed by atoms with van der Waals surface area (Å²) in [4.78, 5) is 13.6. The molecule has 5 heteroatoms. The Labute approximate surface area is 125 Å². The van der Waals surface area contributed by atoms with Gasteiger partial charge in [0.15, 0.2) is 0 Å². The first-order valence-electron chi connectivity index (χ1n) is 6.18. The van der Waals surface area contributed by atoms with Crippen LogP contribution in [-0.2, 0) is 7.05 Å². The Morgan fingerprint density at radius 2 is 2.05 bits per heavy atom. The molecule has 0 saturated heterocycles. The van der Waals surface area contributed by atoms with Crippen LogP contribution in [0.3, 0.4) is 0 Å². The fourth-order valence-electron chi connectivity index (χ4n) is 2.20. The minimum Gasteiger partial charge on any atom is -0.339 e. The van der Waals surface area contributed by atoms with Gasteiger partial charge in [-0.05, 0) is 31.2 Å². The first-order chi connectivity index (χ1) is 9.56. The predicted octanol–water partition coefficient (Wildman–Crippen LogP) is 4.45. The SMILES string of the molecule is Cc1cc2c(cc(C(=O)Nc3ccccc3Cl)n2C)s1. The van der Waals surface area contributed by atoms with Gasteiger partial charge < -0.3 is 9.88 Å². The van der Waals surface area contributed by atoms with Crippen molar-refractivity contribution in [3.63, 3.8) is 0 Å². The zero-order valence-corrected chi connectivity index (χ0v) is 12.7. The summed E-state index contributed by atoms with van der Waals surface area (Å²) >= 11 is 7.74. The van der Waals surface area contributed by atoms with E-state index in [2.05, 4.69) is 18.3 Å². The number of benzene rings is 1. The fraction of sp³-hybridized carbons (Fsp3) is 0.133. The number of aromatic nitrogens is 1. The molecule has 0 spiro atoms. The Balaban J connectivity index is 1.95. The summed E-state index contributed by atoms with van der Waals surface area (Å²) in [5, 5.41) is 3.38. The molecule has 0 aliphatic heterocycles. The second-order valence-corrected chi connectivity index (χ2v) is 6.32. The van der Waals surface area contributed by atoms with E-state index < -0.39 is 0 Å². The maximum atomic E-state index is 12.4. The van der Waals surface area contributed by atoms with Crippen LogP contribution in [0.5, 0.6) is 0 Å². The van der Waals surface area contributed by atoms with Gasteiger partial charge in [-0.25, -0.2) is 0 Å². The zero-order chi connectivity index (χ0) is 14.3. The van der Waals surface area contributed by atoms with Crippen molar-refractivity contribution in [2.24, 2.45) is 7.05 Å². The van der Waals surface area contributed by atoms with E-state index in [4.69, 9.17) is 11.6 Å². The van der Waals surface area contributed by atoms with E-state index in [9.17, 15) is 4.79 Å². The largest absolute Gasteiger partial charge is 0.339 e. The molecule has 3 rings (SSSR count). The maximum Gasteiger partial charge on any atom is 0.272 e. The van der Waals surface area contributed by atoms with Crippen molar-refractivity contribution in [3.05, 3.63) is 52.0 Å². The van der Waals surface area contributed by atoms with E-state index in [1.807, 2.05) is 29.8 Å². The van der Waals surface area contributed by atoms with Crippen LogP contribution < -0.4 is 5.32 Å². The Bertz CT molecular complexity index is 803. The van der Waals surface area contributed by atoms with Gasteiger partial charge in [0.1, 0.15) is 5.69 Å². The summed E-state index contributed by atoms with van der Waals surface area (Å²) in [5.74, 6) is -0.151. The van der Waals surface area contributed by atoms with Crippen LogP contribution in [0.15, 0.2) is 36.4 Å². The van der Waals surface area contributed by atoms with Crippen LogP contribution >= 0.6 is 22.9 Å². The number of carbonyl (C=O) groups is 1. The molecule has 3 aromatic rings. The van der Waals surface area contributed by atoms with Crippen LogP contribution in [0.4, 0.5) is 5.69 Å². The molecule has 2 aromatic heterocycles. The molecule has 0 bridgehead atoms. The molecular weight excluding hydrogens is 292 g/mol. The first kappa shape index (κ1) is 13.2. The van der Waals surface area contributed by atoms with Crippen molar-refractivity contribution in [1.29, 1.82) is 0 Å². The number of anilines is 1. The number of halogens is 1. The minimum atomic E-state index is -0.151. The number of rotatable bonds is 2. The molecule has 0 unspecified atom stereocenters. The Kier molecular flexibility index (Phi) is 3.28. The topological polar surface area (TPSA) is 34.0 Å². The number of nitrogens with zero attached hydrogens (tertiary/aromatic N) is 1. The highest BCUT2D eigenvalue weighted by Crippen LogP contribution is 2.28. The number of thiophene rings is 1. The summed E-state index contributed by atoms with van der Waals surface area (Å²) in [6.45, 7) is 2.06. The van der Waals surface area contributed by atoms with Crippen molar-refractivity contribution in [1.82, 2.24) is 4.57 Å². The summed E-state index contributed by atoms with van der Waals surface area (Å²) in [7, 11) is 1.90. The quantitative estimate of drug-likeness (QED) is 0.745. The lowest BCUT2D eigenvalue weighted by Crippen LogP contribution is -2.15. The number of aryl methyl sites for hydroxylation is 2. The van der Waals surface area contributed by atoms with Gasteiger partial charge in [-0.3, -0.25) is 4.79 Å². The second kappa shape index (κ2) is 4.96. The highest BCUT2D eigenvalue weighted by atomic mass is 35.5. The third-order valence-electron chi connectivity index (χ3n) is 3.21. The molecule has 102 valence electrons. The van der Waals surface area contributed by atoms with Crippen LogP contribution in [0, 0.1) is 6.92 Å². The second-order valence-electron chi connectivity index (χ2n) is 4.63. The first-order valence-corrected chi connectivity index (χ1v) is 7.37. The lowest BCUT2D eigenvalue weighted by molar-refractivity contribution is 0.102. The fourth-order valence-corrected chi connectivity index (χ4v) is 3.37. The molecule has 1 amide bonds. The Morgan fingerprint density at radius 1 is 1.30 bits per heavy atom. The molecule has 3 nitrogen and oxygen atoms in total. The molecule has 0 atom stereocenters. The number of fused-ring (bicyclic) bond motifs is 1. The smallest absolute Gasteiger partial charge is 0.272 e. The standard InChI is InChI=1S/C15H13ClN2OS/c1-9-7-12-14(20-9)8-13(18(12)2)15(19)17-11-6-4-3-5-10(11)16/h3-8H,1-2H3,(H,17,19). The molecule has 20 heavy (non-hydrogen) atoms. The Hall–Kier alpha value is -1.78. The summed E-state index contributed by atoms with van der Waals surface area (Å²) < 4.78 is 3.03. The number of carbonyl (C=O) groups excluding carboxylic acids is 1. The van der Waals surface area contributed by atoms with Crippen LogP contribution in [0.2, 0.25) is 5.02 Å². The van der Waals surface area contributed by atoms with E-state index in [0.29, 0.717) is 16.4 Å². The minimum absolute atomic E-state index is 0.151. The molecule has 0 fully saturated rings. The highest BCUT2D eigenvalue weighted by Gasteiger charge is 2.15. The summed E-state index contributed by atoms with van der Waals surface area (Å²) in [5.41, 5.74) is 2.34. The van der Waals surface area contributed by atoms with Crippen molar-refractivity contribution >= 4 is 44.7 Å². The van der Waals surface area contributed by atoms with E-state index in [1.54, 1.807) is 23.5 Å². The van der Waals surface area contributed by atoms with Gasteiger partial charge in [-0.1, -0.05) is 23.7 Å². The molecule has 0 aliphatic rings. The van der Waals surface area contributed by atoms with E-state index in [-0.39, 0.29) is 5.91 Å². The average Bonchev–Trinajstić information content (AvgIpc) is 2.91. The number of nitrogens with one attached hydrogen (secondary N) is 1. The van der Waals surface area contributed by atoms with Crippen molar-refractivity contribution in [2.75, 3.05) is 5.32 Å². The normalized spacial score (nSPS) is 10.9. The van der Waals surface area contributed by atoms with Gasteiger partial charge in [0.25, 0.3) is 5.91 Å². The molecule has 2 heterocycles. The maximum absolute atomic E-state index is 12.4. The molecule has 1 aromatic carbocycles. The average molecular weight is 305 g/mol. The summed E-state index contributed by atoms with van der Waals surface area (Å²) in [6.07, 6.45) is 0. The van der Waals surface area contributed by atoms with Crippen molar-refractivity contribution in [3.8, 4) is 0 Å². The van der Waals surface area contributed by atoms with Crippen LogP contribution in [0.25, 0.3) is 10.2 Å². The summed E-state index contributed by atoms with van der Waals surface area (Å²) in [6, 6.07) is 11.2. The predicted molar refractivity (Wildman–Crippen MR) is 84.9 cm³/mol. The number of hydrogen-bond donors (Lipinski definition) is 1. The molecule has 0 aliphatic carbocycles. The van der Waals surface area contributed by atoms with Crippen molar-refractivity contribution in [2.45, 2.75) is 6.92 Å². The molecular formula is C15H13ClN2OS. The Morgan fingerprint density at radius 3 is 2.75 bits per heavy atom. The van der Waals surface area contributed by atoms with E-state index >= 15 is 0 Å². The molecule has 1 N–H and O–H groups in total. The van der Waals surface area contributed by atoms with Crippen LogP contribution in [0.1, 0.15) is 15.4 Å².